The van der Waals surface area contributed by atoms with Gasteiger partial charge in [-0.25, -0.2) is 4.98 Å². The van der Waals surface area contributed by atoms with Gasteiger partial charge in [-0.2, -0.15) is 0 Å². The van der Waals surface area contributed by atoms with E-state index in [0.29, 0.717) is 10.8 Å². The van der Waals surface area contributed by atoms with E-state index in [4.69, 9.17) is 11.6 Å². The van der Waals surface area contributed by atoms with Crippen molar-refractivity contribution in [1.82, 2.24) is 4.98 Å². The first-order valence-corrected chi connectivity index (χ1v) is 6.56. The minimum absolute atomic E-state index is 0.0661. The number of aromatic nitrogens is 1. The lowest BCUT2D eigenvalue weighted by Crippen LogP contribution is -2.21. The molecule has 0 spiro atoms. The number of nitrogens with zero attached hydrogens (tertiary/aromatic N) is 1. The highest BCUT2D eigenvalue weighted by atomic mass is 35.5. The molecule has 1 amide bonds. The molecule has 0 bridgehead atoms. The number of carbonyl (C=O) groups is 1. The molecule has 1 atom stereocenters. The lowest BCUT2D eigenvalue weighted by Gasteiger charge is -2.15. The number of anilines is 1. The highest BCUT2D eigenvalue weighted by molar-refractivity contribution is 6.32. The first-order chi connectivity index (χ1) is 9.22. The van der Waals surface area contributed by atoms with Gasteiger partial charge < -0.3 is 5.32 Å². The summed E-state index contributed by atoms with van der Waals surface area (Å²) in [4.78, 5) is 16.2. The highest BCUT2D eigenvalue weighted by Gasteiger charge is 2.19. The maximum absolute atomic E-state index is 12.3. The molecule has 0 aliphatic rings. The third-order valence-electron chi connectivity index (χ3n) is 2.94. The van der Waals surface area contributed by atoms with Crippen LogP contribution >= 0.6 is 11.6 Å². The summed E-state index contributed by atoms with van der Waals surface area (Å²) in [5, 5.41) is 3.13. The fraction of sp³-hybridized carbons (Fsp3) is 0.200. The molecule has 0 aliphatic carbocycles. The van der Waals surface area contributed by atoms with Crippen LogP contribution in [0.1, 0.15) is 24.8 Å². The molecule has 4 heteroatoms. The third kappa shape index (κ3) is 3.32. The smallest absolute Gasteiger partial charge is 0.231 e. The van der Waals surface area contributed by atoms with E-state index in [1.165, 1.54) is 0 Å². The van der Waals surface area contributed by atoms with Crippen LogP contribution in [0.25, 0.3) is 0 Å². The minimum atomic E-state index is -0.183. The van der Waals surface area contributed by atoms with Gasteiger partial charge in [0.05, 0.1) is 11.6 Å². The molecule has 2 aromatic rings. The van der Waals surface area contributed by atoms with E-state index in [2.05, 4.69) is 10.3 Å². The van der Waals surface area contributed by atoms with Crippen LogP contribution in [0.3, 0.4) is 0 Å². The van der Waals surface area contributed by atoms with Crippen molar-refractivity contribution in [2.45, 2.75) is 19.3 Å². The Morgan fingerprint density at radius 1 is 1.26 bits per heavy atom. The molecule has 1 N–H and O–H groups in total. The summed E-state index contributed by atoms with van der Waals surface area (Å²) in [7, 11) is 0. The Morgan fingerprint density at radius 2 is 2.00 bits per heavy atom. The van der Waals surface area contributed by atoms with Gasteiger partial charge in [-0.3, -0.25) is 4.79 Å². The molecule has 2 rings (SSSR count). The van der Waals surface area contributed by atoms with Crippen LogP contribution in [0.5, 0.6) is 0 Å². The van der Waals surface area contributed by atoms with E-state index in [0.717, 1.165) is 12.0 Å². The Labute approximate surface area is 117 Å². The van der Waals surface area contributed by atoms with Crippen LogP contribution in [0.15, 0.2) is 48.7 Å². The van der Waals surface area contributed by atoms with Gasteiger partial charge in [0.2, 0.25) is 5.91 Å². The van der Waals surface area contributed by atoms with Gasteiger partial charge in [-0.1, -0.05) is 48.9 Å². The van der Waals surface area contributed by atoms with Crippen LogP contribution in [-0.4, -0.2) is 10.9 Å². The number of carbonyl (C=O) groups excluding carboxylic acids is 1. The summed E-state index contributed by atoms with van der Waals surface area (Å²) >= 11 is 5.94. The molecule has 0 saturated heterocycles. The van der Waals surface area contributed by atoms with E-state index >= 15 is 0 Å². The standard InChI is InChI=1S/C15H15ClN2O/c1-2-12(11-7-4-3-5-8-11)15(19)18-13-9-6-10-17-14(13)16/h3-10,12H,2H2,1H3,(H,18,19)/t12-/m0/s1. The molecule has 19 heavy (non-hydrogen) atoms. The zero-order valence-electron chi connectivity index (χ0n) is 10.6. The largest absolute Gasteiger partial charge is 0.323 e. The number of halogens is 1. The summed E-state index contributed by atoms with van der Waals surface area (Å²) in [6.07, 6.45) is 2.32. The number of amides is 1. The minimum Gasteiger partial charge on any atom is -0.323 e. The fourth-order valence-corrected chi connectivity index (χ4v) is 2.12. The van der Waals surface area contributed by atoms with E-state index in [1.54, 1.807) is 18.3 Å². The predicted octanol–water partition coefficient (Wildman–Crippen LogP) is 3.87. The normalized spacial score (nSPS) is 11.9. The topological polar surface area (TPSA) is 42.0 Å². The van der Waals surface area contributed by atoms with Gasteiger partial charge in [-0.15, -0.1) is 0 Å². The van der Waals surface area contributed by atoms with Gasteiger partial charge in [0.1, 0.15) is 0 Å². The van der Waals surface area contributed by atoms with Crippen molar-refractivity contribution in [1.29, 1.82) is 0 Å². The molecule has 0 saturated carbocycles. The highest BCUT2D eigenvalue weighted by Crippen LogP contribution is 2.23. The fourth-order valence-electron chi connectivity index (χ4n) is 1.96. The Kier molecular flexibility index (Phi) is 4.53. The van der Waals surface area contributed by atoms with Crippen LogP contribution in [0.4, 0.5) is 5.69 Å². The van der Waals surface area contributed by atoms with Crippen LogP contribution in [0.2, 0.25) is 5.15 Å². The number of benzene rings is 1. The van der Waals surface area contributed by atoms with Crippen molar-refractivity contribution >= 4 is 23.2 Å². The first-order valence-electron chi connectivity index (χ1n) is 6.18. The van der Waals surface area contributed by atoms with E-state index in [-0.39, 0.29) is 11.8 Å². The quantitative estimate of drug-likeness (QED) is 0.860. The van der Waals surface area contributed by atoms with Gasteiger partial charge >= 0.3 is 0 Å². The lowest BCUT2D eigenvalue weighted by atomic mass is 9.95. The molecule has 1 aromatic heterocycles. The van der Waals surface area contributed by atoms with Crippen molar-refractivity contribution in [3.63, 3.8) is 0 Å². The van der Waals surface area contributed by atoms with Crippen molar-refractivity contribution in [2.24, 2.45) is 0 Å². The molecule has 0 unspecified atom stereocenters. The molecule has 98 valence electrons. The van der Waals surface area contributed by atoms with Gasteiger partial charge in [0, 0.05) is 6.20 Å². The number of nitrogens with one attached hydrogen (secondary N) is 1. The lowest BCUT2D eigenvalue weighted by molar-refractivity contribution is -0.117. The second-order valence-electron chi connectivity index (χ2n) is 4.20. The van der Waals surface area contributed by atoms with Crippen LogP contribution < -0.4 is 5.32 Å². The molecule has 1 heterocycles. The van der Waals surface area contributed by atoms with Gasteiger partial charge in [-0.05, 0) is 24.1 Å². The Morgan fingerprint density at radius 3 is 2.63 bits per heavy atom. The number of hydrogen-bond donors (Lipinski definition) is 1. The van der Waals surface area contributed by atoms with E-state index < -0.39 is 0 Å². The van der Waals surface area contributed by atoms with Crippen molar-refractivity contribution in [2.75, 3.05) is 5.32 Å². The molecule has 0 fully saturated rings. The number of hydrogen-bond acceptors (Lipinski definition) is 2. The Bertz CT molecular complexity index is 557. The third-order valence-corrected chi connectivity index (χ3v) is 3.24. The Hall–Kier alpha value is -1.87. The van der Waals surface area contributed by atoms with E-state index in [9.17, 15) is 4.79 Å². The SMILES string of the molecule is CC[C@H](C(=O)Nc1cccnc1Cl)c1ccccc1. The average molecular weight is 275 g/mol. The molecule has 1 aromatic carbocycles. The molecular weight excluding hydrogens is 260 g/mol. The molecule has 0 aliphatic heterocycles. The summed E-state index contributed by atoms with van der Waals surface area (Å²) in [6, 6.07) is 13.2. The molecule has 3 nitrogen and oxygen atoms in total. The second kappa shape index (κ2) is 6.34. The van der Waals surface area contributed by atoms with Crippen LogP contribution in [0, 0.1) is 0 Å². The maximum Gasteiger partial charge on any atom is 0.231 e. The van der Waals surface area contributed by atoms with E-state index in [1.807, 2.05) is 37.3 Å². The van der Waals surface area contributed by atoms with Crippen LogP contribution in [-0.2, 0) is 4.79 Å². The number of pyridine rings is 1. The zero-order valence-corrected chi connectivity index (χ0v) is 11.4. The predicted molar refractivity (Wildman–Crippen MR) is 77.4 cm³/mol. The molecule has 0 radical (unpaired) electrons. The maximum atomic E-state index is 12.3. The van der Waals surface area contributed by atoms with Crippen molar-refractivity contribution < 1.29 is 4.79 Å². The first kappa shape index (κ1) is 13.6. The summed E-state index contributed by atoms with van der Waals surface area (Å²) in [5.74, 6) is -0.249. The summed E-state index contributed by atoms with van der Waals surface area (Å²) < 4.78 is 0. The zero-order chi connectivity index (χ0) is 13.7. The average Bonchev–Trinajstić information content (AvgIpc) is 2.43. The van der Waals surface area contributed by atoms with Crippen molar-refractivity contribution in [3.05, 3.63) is 59.4 Å². The van der Waals surface area contributed by atoms with Gasteiger partial charge in [0.25, 0.3) is 0 Å². The summed E-state index contributed by atoms with van der Waals surface area (Å²) in [5.41, 5.74) is 1.55. The Balaban J connectivity index is 2.17. The van der Waals surface area contributed by atoms with Gasteiger partial charge in [0.15, 0.2) is 5.15 Å². The van der Waals surface area contributed by atoms with Crippen molar-refractivity contribution in [3.8, 4) is 0 Å². The molecular formula is C15H15ClN2O. The summed E-state index contributed by atoms with van der Waals surface area (Å²) in [6.45, 7) is 1.99. The second-order valence-corrected chi connectivity index (χ2v) is 4.56. The number of rotatable bonds is 4. The monoisotopic (exact) mass is 274 g/mol.